The highest BCUT2D eigenvalue weighted by atomic mass is 35.5. The van der Waals surface area contributed by atoms with Crippen molar-refractivity contribution in [3.8, 4) is 5.75 Å². The van der Waals surface area contributed by atoms with Crippen LogP contribution in [-0.2, 0) is 11.3 Å². The smallest absolute Gasteiger partial charge is 0.330 e. The average molecular weight is 450 g/mol. The molecule has 0 atom stereocenters. The molecule has 3 N–H and O–H groups in total. The number of H-pyrrole nitrogens is 1. The van der Waals surface area contributed by atoms with Gasteiger partial charge in [0.2, 0.25) is 0 Å². The van der Waals surface area contributed by atoms with Gasteiger partial charge in [-0.1, -0.05) is 48.1 Å². The van der Waals surface area contributed by atoms with Gasteiger partial charge in [-0.05, 0) is 12.5 Å². The second kappa shape index (κ2) is 9.36. The summed E-state index contributed by atoms with van der Waals surface area (Å²) in [7, 11) is 1.36. The Hall–Kier alpha value is -2.16. The highest BCUT2D eigenvalue weighted by molar-refractivity contribution is 6.43. The van der Waals surface area contributed by atoms with Crippen LogP contribution in [0.15, 0.2) is 21.7 Å². The summed E-state index contributed by atoms with van der Waals surface area (Å²) in [6.45, 7) is 1.83. The Labute approximate surface area is 175 Å². The molecule has 0 saturated heterocycles. The van der Waals surface area contributed by atoms with Gasteiger partial charge in [-0.25, -0.2) is 4.79 Å². The molecule has 0 spiro atoms. The maximum Gasteiger partial charge on any atom is 0.330 e. The van der Waals surface area contributed by atoms with Gasteiger partial charge in [-0.3, -0.25) is 19.1 Å². The number of nitrogen functional groups attached to an aromatic ring is 1. The predicted octanol–water partition coefficient (Wildman–Crippen LogP) is 2.92. The fraction of sp³-hybridized carbons (Fsp3) is 0.353. The summed E-state index contributed by atoms with van der Waals surface area (Å²) in [6.07, 6.45) is 1.51. The molecule has 1 aromatic carbocycles. The van der Waals surface area contributed by atoms with Crippen LogP contribution in [0.25, 0.3) is 0 Å². The Balaban J connectivity index is 2.25. The summed E-state index contributed by atoms with van der Waals surface area (Å²) in [4.78, 5) is 39.9. The lowest BCUT2D eigenvalue weighted by atomic mass is 10.3. The number of nitrogens with one attached hydrogen (secondary N) is 1. The van der Waals surface area contributed by atoms with Crippen LogP contribution in [0.2, 0.25) is 15.1 Å². The number of aromatic amines is 1. The molecule has 0 aliphatic carbocycles. The van der Waals surface area contributed by atoms with Gasteiger partial charge in [0.25, 0.3) is 11.5 Å². The van der Waals surface area contributed by atoms with E-state index in [0.29, 0.717) is 13.0 Å². The van der Waals surface area contributed by atoms with E-state index in [1.165, 1.54) is 23.7 Å². The number of nitrogens with zero attached hydrogens (tertiary/aromatic N) is 2. The zero-order valence-corrected chi connectivity index (χ0v) is 17.5. The Morgan fingerprint density at radius 3 is 2.50 bits per heavy atom. The van der Waals surface area contributed by atoms with Crippen LogP contribution >= 0.6 is 34.8 Å². The molecule has 0 aliphatic heterocycles. The number of rotatable bonds is 7. The summed E-state index contributed by atoms with van der Waals surface area (Å²) >= 11 is 17.8. The molecule has 1 amide bonds. The van der Waals surface area contributed by atoms with Crippen LogP contribution in [0.4, 0.5) is 11.5 Å². The second-order valence-electron chi connectivity index (χ2n) is 5.94. The van der Waals surface area contributed by atoms with Crippen molar-refractivity contribution in [2.45, 2.75) is 26.3 Å². The molecule has 0 aliphatic rings. The van der Waals surface area contributed by atoms with Crippen LogP contribution in [-0.4, -0.2) is 29.1 Å². The van der Waals surface area contributed by atoms with E-state index in [0.717, 1.165) is 11.3 Å². The van der Waals surface area contributed by atoms with Gasteiger partial charge in [-0.2, -0.15) is 0 Å². The minimum Gasteiger partial charge on any atom is -0.482 e. The van der Waals surface area contributed by atoms with Crippen LogP contribution in [0.5, 0.6) is 5.75 Å². The number of halogens is 3. The Bertz CT molecular complexity index is 1000. The summed E-state index contributed by atoms with van der Waals surface area (Å²) < 4.78 is 6.61. The highest BCUT2D eigenvalue weighted by Crippen LogP contribution is 2.33. The molecule has 8 nitrogen and oxygen atoms in total. The lowest BCUT2D eigenvalue weighted by molar-refractivity contribution is -0.120. The van der Waals surface area contributed by atoms with Gasteiger partial charge >= 0.3 is 5.69 Å². The minimum atomic E-state index is -0.765. The molecule has 0 saturated carbocycles. The summed E-state index contributed by atoms with van der Waals surface area (Å²) in [6, 6.07) is 2.77. The zero-order valence-electron chi connectivity index (χ0n) is 15.2. The quantitative estimate of drug-likeness (QED) is 0.631. The number of hydrogen-bond acceptors (Lipinski definition) is 5. The molecule has 1 heterocycles. The van der Waals surface area contributed by atoms with Crippen molar-refractivity contribution < 1.29 is 9.53 Å². The molecule has 0 unspecified atom stereocenters. The third-order valence-electron chi connectivity index (χ3n) is 3.98. The first kappa shape index (κ1) is 22.1. The summed E-state index contributed by atoms with van der Waals surface area (Å²) in [5.41, 5.74) is 4.46. The molecule has 0 fully saturated rings. The van der Waals surface area contributed by atoms with E-state index in [2.05, 4.69) is 4.98 Å². The maximum atomic E-state index is 12.5. The number of nitrogens with two attached hydrogens (primary N) is 1. The zero-order chi connectivity index (χ0) is 21.0. The van der Waals surface area contributed by atoms with Gasteiger partial charge in [0.15, 0.2) is 12.3 Å². The van der Waals surface area contributed by atoms with Crippen molar-refractivity contribution in [3.05, 3.63) is 48.0 Å². The number of carbonyl (C=O) groups excluding carboxylic acids is 1. The monoisotopic (exact) mass is 448 g/mol. The fourth-order valence-electron chi connectivity index (χ4n) is 2.42. The number of hydrogen-bond donors (Lipinski definition) is 2. The minimum absolute atomic E-state index is 0.0920. The third-order valence-corrected chi connectivity index (χ3v) is 5.00. The average Bonchev–Trinajstić information content (AvgIpc) is 2.62. The van der Waals surface area contributed by atoms with E-state index in [-0.39, 0.29) is 32.3 Å². The lowest BCUT2D eigenvalue weighted by Crippen LogP contribution is -2.40. The van der Waals surface area contributed by atoms with Crippen molar-refractivity contribution in [1.29, 1.82) is 0 Å². The first-order valence-electron chi connectivity index (χ1n) is 8.33. The predicted molar refractivity (Wildman–Crippen MR) is 111 cm³/mol. The van der Waals surface area contributed by atoms with Crippen LogP contribution < -0.4 is 26.6 Å². The number of likely N-dealkylation sites (N-methyl/N-ethyl adjacent to an activating group) is 1. The van der Waals surface area contributed by atoms with E-state index in [1.807, 2.05) is 6.92 Å². The van der Waals surface area contributed by atoms with Gasteiger partial charge in [0, 0.05) is 19.7 Å². The van der Waals surface area contributed by atoms with Crippen LogP contribution in [0.3, 0.4) is 0 Å². The normalized spacial score (nSPS) is 10.8. The van der Waals surface area contributed by atoms with Crippen molar-refractivity contribution in [3.63, 3.8) is 0 Å². The molecule has 2 rings (SSSR count). The Kier molecular flexibility index (Phi) is 7.40. The molecular formula is C17H19Cl3N4O4. The molecule has 28 heavy (non-hydrogen) atoms. The molecule has 152 valence electrons. The summed E-state index contributed by atoms with van der Waals surface area (Å²) in [5, 5.41) is 0.636. The van der Waals surface area contributed by atoms with Crippen molar-refractivity contribution in [2.75, 3.05) is 24.3 Å². The number of anilines is 2. The standard InChI is InChI=1S/C17H19Cl3N4O4/c1-3-4-5-24-15(21)14(16(26)22-17(24)27)23(2)13(25)8-28-12-7-10(19)9(18)6-11(12)20/h6-7H,3-5,8,21H2,1-2H3,(H,22,26,27). The number of benzene rings is 1. The first-order valence-corrected chi connectivity index (χ1v) is 9.47. The molecule has 1 aromatic heterocycles. The van der Waals surface area contributed by atoms with E-state index in [4.69, 9.17) is 45.3 Å². The molecule has 11 heteroatoms. The van der Waals surface area contributed by atoms with E-state index in [9.17, 15) is 14.4 Å². The number of amides is 1. The Morgan fingerprint density at radius 2 is 1.86 bits per heavy atom. The highest BCUT2D eigenvalue weighted by Gasteiger charge is 2.21. The second-order valence-corrected chi connectivity index (χ2v) is 7.16. The van der Waals surface area contributed by atoms with Gasteiger partial charge < -0.3 is 15.4 Å². The van der Waals surface area contributed by atoms with Crippen LogP contribution in [0, 0.1) is 0 Å². The van der Waals surface area contributed by atoms with Crippen molar-refractivity contribution in [1.82, 2.24) is 9.55 Å². The number of aromatic nitrogens is 2. The van der Waals surface area contributed by atoms with E-state index < -0.39 is 23.8 Å². The number of ether oxygens (including phenoxy) is 1. The van der Waals surface area contributed by atoms with Gasteiger partial charge in [-0.15, -0.1) is 0 Å². The SMILES string of the molecule is CCCCn1c(N)c(N(C)C(=O)COc2cc(Cl)c(Cl)cc2Cl)c(=O)[nH]c1=O. The molecular weight excluding hydrogens is 431 g/mol. The maximum absolute atomic E-state index is 12.5. The van der Waals surface area contributed by atoms with Gasteiger partial charge in [0.1, 0.15) is 11.6 Å². The Morgan fingerprint density at radius 1 is 1.21 bits per heavy atom. The topological polar surface area (TPSA) is 110 Å². The number of unbranched alkanes of at least 4 members (excludes halogenated alkanes) is 1. The molecule has 0 bridgehead atoms. The third kappa shape index (κ3) is 4.81. The van der Waals surface area contributed by atoms with Crippen molar-refractivity contribution in [2.24, 2.45) is 0 Å². The molecule has 0 radical (unpaired) electrons. The van der Waals surface area contributed by atoms with E-state index >= 15 is 0 Å². The summed E-state index contributed by atoms with van der Waals surface area (Å²) in [5.74, 6) is -0.515. The molecule has 2 aromatic rings. The van der Waals surface area contributed by atoms with Gasteiger partial charge in [0.05, 0.1) is 15.1 Å². The fourth-order valence-corrected chi connectivity index (χ4v) is 3.01. The first-order chi connectivity index (χ1) is 13.2. The van der Waals surface area contributed by atoms with Crippen LogP contribution in [0.1, 0.15) is 19.8 Å². The van der Waals surface area contributed by atoms with Crippen molar-refractivity contribution >= 4 is 52.2 Å². The lowest BCUT2D eigenvalue weighted by Gasteiger charge is -2.20. The number of carbonyl (C=O) groups is 1. The van der Waals surface area contributed by atoms with E-state index in [1.54, 1.807) is 0 Å². The largest absolute Gasteiger partial charge is 0.482 e.